The Bertz CT molecular complexity index is 458. The Labute approximate surface area is 163 Å². The van der Waals surface area contributed by atoms with Crippen LogP contribution in [0.5, 0.6) is 0 Å². The van der Waals surface area contributed by atoms with Crippen molar-refractivity contribution in [3.63, 3.8) is 0 Å². The molecular formula is C17H33IN4O2. The second-order valence-electron chi connectivity index (χ2n) is 7.69. The van der Waals surface area contributed by atoms with Crippen molar-refractivity contribution in [1.82, 2.24) is 16.0 Å². The molecule has 0 saturated heterocycles. The van der Waals surface area contributed by atoms with Crippen LogP contribution in [-0.4, -0.2) is 49.8 Å². The molecule has 2 fully saturated rings. The predicted molar refractivity (Wildman–Crippen MR) is 108 cm³/mol. The number of hydrogen-bond donors (Lipinski definition) is 3. The molecule has 0 heterocycles. The van der Waals surface area contributed by atoms with Crippen molar-refractivity contribution in [2.24, 2.45) is 10.4 Å². The standard InChI is InChI=1S/C17H32N4O2.HI/c1-6-23-13-10-12(17(13)8-7-9-17)20-15(18-5)19-11-14(22)21-16(2,3)4;/h12-13H,6-11H2,1-5H3,(H,21,22)(H2,18,19,20);1H. The van der Waals surface area contributed by atoms with Gasteiger partial charge in [-0.15, -0.1) is 24.0 Å². The van der Waals surface area contributed by atoms with Crippen LogP contribution in [0.3, 0.4) is 0 Å². The number of guanidine groups is 1. The maximum absolute atomic E-state index is 11.9. The molecule has 2 saturated carbocycles. The van der Waals surface area contributed by atoms with E-state index >= 15 is 0 Å². The number of aliphatic imine (C=N–C) groups is 1. The van der Waals surface area contributed by atoms with Crippen LogP contribution in [0.4, 0.5) is 0 Å². The minimum absolute atomic E-state index is 0. The molecule has 0 bridgehead atoms. The maximum Gasteiger partial charge on any atom is 0.239 e. The molecule has 140 valence electrons. The Morgan fingerprint density at radius 2 is 2.00 bits per heavy atom. The third-order valence-electron chi connectivity index (χ3n) is 4.90. The number of hydrogen-bond acceptors (Lipinski definition) is 3. The van der Waals surface area contributed by atoms with Crippen molar-refractivity contribution in [3.8, 4) is 0 Å². The molecule has 6 nitrogen and oxygen atoms in total. The van der Waals surface area contributed by atoms with Gasteiger partial charge < -0.3 is 20.7 Å². The van der Waals surface area contributed by atoms with E-state index in [1.165, 1.54) is 19.3 Å². The Kier molecular flexibility index (Phi) is 7.77. The van der Waals surface area contributed by atoms with Crippen LogP contribution in [-0.2, 0) is 9.53 Å². The number of nitrogens with one attached hydrogen (secondary N) is 3. The topological polar surface area (TPSA) is 74.8 Å². The van der Waals surface area contributed by atoms with Crippen LogP contribution in [0.25, 0.3) is 0 Å². The van der Waals surface area contributed by atoms with Crippen LogP contribution in [0.2, 0.25) is 0 Å². The van der Waals surface area contributed by atoms with Crippen LogP contribution in [0, 0.1) is 5.41 Å². The molecule has 0 radical (unpaired) electrons. The van der Waals surface area contributed by atoms with Gasteiger partial charge in [0.25, 0.3) is 0 Å². The molecule has 1 amide bonds. The fourth-order valence-corrected chi connectivity index (χ4v) is 3.63. The van der Waals surface area contributed by atoms with Crippen LogP contribution < -0.4 is 16.0 Å². The minimum atomic E-state index is -0.218. The van der Waals surface area contributed by atoms with E-state index in [1.807, 2.05) is 20.8 Å². The maximum atomic E-state index is 11.9. The quantitative estimate of drug-likeness (QED) is 0.339. The summed E-state index contributed by atoms with van der Waals surface area (Å²) in [6, 6.07) is 0.393. The van der Waals surface area contributed by atoms with Crippen molar-refractivity contribution in [2.75, 3.05) is 20.2 Å². The Hall–Kier alpha value is -0.570. The molecule has 7 heteroatoms. The van der Waals surface area contributed by atoms with E-state index in [-0.39, 0.29) is 47.4 Å². The molecule has 0 aromatic carbocycles. The van der Waals surface area contributed by atoms with Gasteiger partial charge in [-0.1, -0.05) is 6.42 Å². The number of halogens is 1. The second-order valence-corrected chi connectivity index (χ2v) is 7.69. The highest BCUT2D eigenvalue weighted by molar-refractivity contribution is 14.0. The summed E-state index contributed by atoms with van der Waals surface area (Å²) in [5.74, 6) is 0.667. The molecule has 3 N–H and O–H groups in total. The number of carbonyl (C=O) groups is 1. The summed E-state index contributed by atoms with van der Waals surface area (Å²) in [4.78, 5) is 16.2. The highest BCUT2D eigenvalue weighted by Gasteiger charge is 2.59. The SMILES string of the molecule is CCOC1CC(NC(=NC)NCC(=O)NC(C)(C)C)C12CCC2.I. The summed E-state index contributed by atoms with van der Waals surface area (Å²) in [5.41, 5.74) is 0.0612. The molecule has 0 aromatic rings. The molecule has 2 aliphatic carbocycles. The van der Waals surface area contributed by atoms with Crippen molar-refractivity contribution in [2.45, 2.75) is 71.1 Å². The third kappa shape index (κ3) is 4.97. The fourth-order valence-electron chi connectivity index (χ4n) is 3.63. The largest absolute Gasteiger partial charge is 0.378 e. The van der Waals surface area contributed by atoms with Gasteiger partial charge >= 0.3 is 0 Å². The normalized spacial score (nSPS) is 25.1. The molecule has 2 unspecified atom stereocenters. The van der Waals surface area contributed by atoms with Gasteiger partial charge in [0, 0.05) is 30.7 Å². The van der Waals surface area contributed by atoms with Gasteiger partial charge in [-0.05, 0) is 47.0 Å². The first-order chi connectivity index (χ1) is 10.8. The lowest BCUT2D eigenvalue weighted by molar-refractivity contribution is -0.168. The van der Waals surface area contributed by atoms with Crippen molar-refractivity contribution < 1.29 is 9.53 Å². The van der Waals surface area contributed by atoms with Gasteiger partial charge in [-0.25, -0.2) is 0 Å². The summed E-state index contributed by atoms with van der Waals surface area (Å²) >= 11 is 0. The Morgan fingerprint density at radius 3 is 2.46 bits per heavy atom. The highest BCUT2D eigenvalue weighted by atomic mass is 127. The first-order valence-corrected chi connectivity index (χ1v) is 8.70. The van der Waals surface area contributed by atoms with E-state index in [1.54, 1.807) is 7.05 Å². The van der Waals surface area contributed by atoms with E-state index in [2.05, 4.69) is 27.9 Å². The van der Waals surface area contributed by atoms with Crippen LogP contribution in [0.1, 0.15) is 53.4 Å². The van der Waals surface area contributed by atoms with E-state index in [0.29, 0.717) is 18.1 Å². The minimum Gasteiger partial charge on any atom is -0.378 e. The second kappa shape index (κ2) is 8.69. The molecular weight excluding hydrogens is 419 g/mol. The molecule has 1 spiro atoms. The molecule has 0 aliphatic heterocycles. The van der Waals surface area contributed by atoms with Crippen LogP contribution >= 0.6 is 24.0 Å². The number of amides is 1. The number of carbonyl (C=O) groups excluding carboxylic acids is 1. The number of nitrogens with zero attached hydrogens (tertiary/aromatic N) is 1. The zero-order valence-corrected chi connectivity index (χ0v) is 17.9. The van der Waals surface area contributed by atoms with E-state index in [0.717, 1.165) is 13.0 Å². The zero-order valence-electron chi connectivity index (χ0n) is 15.6. The Morgan fingerprint density at radius 1 is 1.33 bits per heavy atom. The highest BCUT2D eigenvalue weighted by Crippen LogP contribution is 2.57. The summed E-state index contributed by atoms with van der Waals surface area (Å²) in [6.45, 7) is 8.98. The first-order valence-electron chi connectivity index (χ1n) is 8.70. The van der Waals surface area contributed by atoms with Gasteiger partial charge in [0.05, 0.1) is 12.6 Å². The lowest BCUT2D eigenvalue weighted by Crippen LogP contribution is -2.68. The molecule has 2 rings (SSSR count). The monoisotopic (exact) mass is 452 g/mol. The lowest BCUT2D eigenvalue weighted by atomic mass is 9.51. The van der Waals surface area contributed by atoms with E-state index in [4.69, 9.17) is 4.74 Å². The number of ether oxygens (including phenoxy) is 1. The number of rotatable bonds is 5. The summed E-state index contributed by atoms with van der Waals surface area (Å²) in [5, 5.41) is 9.53. The smallest absolute Gasteiger partial charge is 0.239 e. The van der Waals surface area contributed by atoms with Crippen molar-refractivity contribution in [1.29, 1.82) is 0 Å². The summed E-state index contributed by atoms with van der Waals surface area (Å²) in [7, 11) is 1.74. The molecule has 2 atom stereocenters. The van der Waals surface area contributed by atoms with E-state index in [9.17, 15) is 4.79 Å². The zero-order chi connectivity index (χ0) is 17.1. The average molecular weight is 452 g/mol. The fraction of sp³-hybridized carbons (Fsp3) is 0.882. The van der Waals surface area contributed by atoms with Gasteiger partial charge in [-0.2, -0.15) is 0 Å². The van der Waals surface area contributed by atoms with Gasteiger partial charge in [-0.3, -0.25) is 9.79 Å². The average Bonchev–Trinajstić information content (AvgIpc) is 2.37. The summed E-state index contributed by atoms with van der Waals surface area (Å²) < 4.78 is 5.87. The lowest BCUT2D eigenvalue weighted by Gasteiger charge is -2.61. The van der Waals surface area contributed by atoms with Crippen molar-refractivity contribution in [3.05, 3.63) is 0 Å². The molecule has 24 heavy (non-hydrogen) atoms. The summed E-state index contributed by atoms with van der Waals surface area (Å²) in [6.07, 6.45) is 5.11. The third-order valence-corrected chi connectivity index (χ3v) is 4.90. The Balaban J connectivity index is 0.00000288. The molecule has 2 aliphatic rings. The molecule has 0 aromatic heterocycles. The predicted octanol–water partition coefficient (Wildman–Crippen LogP) is 2.03. The van der Waals surface area contributed by atoms with Gasteiger partial charge in [0.1, 0.15) is 0 Å². The van der Waals surface area contributed by atoms with Crippen molar-refractivity contribution >= 4 is 35.8 Å². The van der Waals surface area contributed by atoms with Crippen LogP contribution in [0.15, 0.2) is 4.99 Å². The van der Waals surface area contributed by atoms with Gasteiger partial charge in [0.15, 0.2) is 5.96 Å². The van der Waals surface area contributed by atoms with Gasteiger partial charge in [0.2, 0.25) is 5.91 Å². The van der Waals surface area contributed by atoms with E-state index < -0.39 is 0 Å². The first kappa shape index (κ1) is 21.5.